The highest BCUT2D eigenvalue weighted by molar-refractivity contribution is 7.89. The Balaban J connectivity index is 1.60. The Bertz CT molecular complexity index is 1070. The predicted molar refractivity (Wildman–Crippen MR) is 117 cm³/mol. The average Bonchev–Trinajstić information content (AvgIpc) is 2.95. The van der Waals surface area contributed by atoms with Crippen LogP contribution >= 0.6 is 0 Å². The first-order valence-corrected chi connectivity index (χ1v) is 11.4. The van der Waals surface area contributed by atoms with Crippen LogP contribution in [-0.2, 0) is 14.8 Å². The van der Waals surface area contributed by atoms with Crippen molar-refractivity contribution < 1.29 is 18.1 Å². The molecule has 0 aromatic heterocycles. The number of carbonyl (C=O) groups excluding carboxylic acids is 1. The Morgan fingerprint density at radius 2 is 1.77 bits per heavy atom. The molecule has 1 saturated heterocycles. The third kappa shape index (κ3) is 5.66. The van der Waals surface area contributed by atoms with Gasteiger partial charge in [-0.05, 0) is 45.0 Å². The molecule has 1 heterocycles. The number of nitro groups is 1. The summed E-state index contributed by atoms with van der Waals surface area (Å²) in [6.45, 7) is 5.31. The number of aryl methyl sites for hydroxylation is 2. The lowest BCUT2D eigenvalue weighted by molar-refractivity contribution is -0.385. The summed E-state index contributed by atoms with van der Waals surface area (Å²) in [4.78, 5) is 25.2. The second kappa shape index (κ2) is 9.54. The van der Waals surface area contributed by atoms with Gasteiger partial charge < -0.3 is 5.32 Å². The lowest BCUT2D eigenvalue weighted by Gasteiger charge is -2.21. The third-order valence-electron chi connectivity index (χ3n) is 5.26. The molecule has 3 rings (SSSR count). The van der Waals surface area contributed by atoms with Crippen LogP contribution in [0.4, 0.5) is 11.4 Å². The van der Waals surface area contributed by atoms with E-state index in [4.69, 9.17) is 0 Å². The van der Waals surface area contributed by atoms with Crippen molar-refractivity contribution in [2.75, 3.05) is 38.0 Å². The maximum atomic E-state index is 12.9. The van der Waals surface area contributed by atoms with Gasteiger partial charge in [-0.25, -0.2) is 8.42 Å². The van der Waals surface area contributed by atoms with Gasteiger partial charge in [-0.3, -0.25) is 19.8 Å². The third-order valence-corrected chi connectivity index (χ3v) is 7.18. The average molecular weight is 447 g/mol. The summed E-state index contributed by atoms with van der Waals surface area (Å²) >= 11 is 0. The van der Waals surface area contributed by atoms with E-state index in [1.54, 1.807) is 43.3 Å². The number of nitro benzene ring substituents is 1. The number of rotatable bonds is 6. The van der Waals surface area contributed by atoms with E-state index >= 15 is 0 Å². The van der Waals surface area contributed by atoms with Crippen LogP contribution in [0.1, 0.15) is 17.5 Å². The van der Waals surface area contributed by atoms with Crippen LogP contribution in [0.3, 0.4) is 0 Å². The number of anilines is 1. The molecule has 1 amide bonds. The number of nitrogens with one attached hydrogen (secondary N) is 1. The number of nitrogens with zero attached hydrogens (tertiary/aromatic N) is 3. The van der Waals surface area contributed by atoms with Gasteiger partial charge in [0.2, 0.25) is 15.9 Å². The molecule has 9 nitrogen and oxygen atoms in total. The largest absolute Gasteiger partial charge is 0.325 e. The molecule has 1 fully saturated rings. The fraction of sp³-hybridized carbons (Fsp3) is 0.381. The first-order chi connectivity index (χ1) is 14.7. The molecular formula is C21H26N4O5S. The summed E-state index contributed by atoms with van der Waals surface area (Å²) in [5, 5.41) is 13.8. The fourth-order valence-electron chi connectivity index (χ4n) is 3.49. The Morgan fingerprint density at radius 1 is 1.06 bits per heavy atom. The van der Waals surface area contributed by atoms with Gasteiger partial charge in [0.1, 0.15) is 0 Å². The van der Waals surface area contributed by atoms with E-state index in [1.165, 1.54) is 10.4 Å². The highest BCUT2D eigenvalue weighted by Gasteiger charge is 2.27. The number of hydrogen-bond donors (Lipinski definition) is 1. The topological polar surface area (TPSA) is 113 Å². The molecule has 1 aliphatic rings. The molecule has 0 spiro atoms. The number of benzene rings is 2. The molecule has 1 N–H and O–H groups in total. The minimum absolute atomic E-state index is 0.0514. The maximum Gasteiger partial charge on any atom is 0.274 e. The van der Waals surface area contributed by atoms with Gasteiger partial charge in [0.05, 0.1) is 16.4 Å². The smallest absolute Gasteiger partial charge is 0.274 e. The zero-order valence-corrected chi connectivity index (χ0v) is 18.4. The molecule has 2 aromatic carbocycles. The van der Waals surface area contributed by atoms with Crippen molar-refractivity contribution >= 4 is 27.3 Å². The summed E-state index contributed by atoms with van der Waals surface area (Å²) in [6.07, 6.45) is 0.606. The van der Waals surface area contributed by atoms with E-state index in [0.29, 0.717) is 43.9 Å². The molecule has 2 aromatic rings. The van der Waals surface area contributed by atoms with Crippen LogP contribution in [0.15, 0.2) is 47.4 Å². The van der Waals surface area contributed by atoms with Crippen molar-refractivity contribution in [3.05, 3.63) is 63.7 Å². The molecule has 166 valence electrons. The van der Waals surface area contributed by atoms with Crippen molar-refractivity contribution in [2.24, 2.45) is 0 Å². The van der Waals surface area contributed by atoms with Crippen molar-refractivity contribution in [3.63, 3.8) is 0 Å². The lowest BCUT2D eigenvalue weighted by Crippen LogP contribution is -2.38. The Morgan fingerprint density at radius 3 is 2.45 bits per heavy atom. The first-order valence-electron chi connectivity index (χ1n) is 10.0. The van der Waals surface area contributed by atoms with Gasteiger partial charge >= 0.3 is 0 Å². The normalized spacial score (nSPS) is 15.9. The zero-order chi connectivity index (χ0) is 22.6. The SMILES string of the molecule is Cc1ccc(S(=O)(=O)N2CCCN(CC(=O)Nc3ccc(C)c([N+](=O)[O-])c3)CC2)cc1. The van der Waals surface area contributed by atoms with Crippen LogP contribution in [0, 0.1) is 24.0 Å². The quantitative estimate of drug-likeness (QED) is 0.539. The molecule has 0 unspecified atom stereocenters. The standard InChI is InChI=1S/C21H26N4O5S/c1-16-4-8-19(9-5-16)31(29,30)24-11-3-10-23(12-13-24)15-21(26)22-18-7-6-17(2)20(14-18)25(27)28/h4-9,14H,3,10-13,15H2,1-2H3,(H,22,26). The van der Waals surface area contributed by atoms with E-state index in [0.717, 1.165) is 5.56 Å². The number of hydrogen-bond acceptors (Lipinski definition) is 6. The lowest BCUT2D eigenvalue weighted by atomic mass is 10.2. The van der Waals surface area contributed by atoms with Crippen LogP contribution < -0.4 is 5.32 Å². The predicted octanol–water partition coefficient (Wildman–Crippen LogP) is 2.55. The molecule has 31 heavy (non-hydrogen) atoms. The Labute approximate surface area is 181 Å². The van der Waals surface area contributed by atoms with Gasteiger partial charge in [-0.2, -0.15) is 4.31 Å². The highest BCUT2D eigenvalue weighted by Crippen LogP contribution is 2.22. The maximum absolute atomic E-state index is 12.9. The van der Waals surface area contributed by atoms with E-state index in [1.807, 2.05) is 11.8 Å². The summed E-state index contributed by atoms with van der Waals surface area (Å²) in [7, 11) is -3.58. The first kappa shape index (κ1) is 22.9. The molecule has 0 bridgehead atoms. The van der Waals surface area contributed by atoms with Crippen molar-refractivity contribution in [2.45, 2.75) is 25.2 Å². The minimum Gasteiger partial charge on any atom is -0.325 e. The van der Waals surface area contributed by atoms with Gasteiger partial charge in [0, 0.05) is 37.0 Å². The number of carbonyl (C=O) groups is 1. The van der Waals surface area contributed by atoms with Gasteiger partial charge in [0.15, 0.2) is 0 Å². The minimum atomic E-state index is -3.58. The molecule has 0 atom stereocenters. The Hall–Kier alpha value is -2.82. The monoisotopic (exact) mass is 446 g/mol. The van der Waals surface area contributed by atoms with Crippen molar-refractivity contribution in [1.82, 2.24) is 9.21 Å². The van der Waals surface area contributed by atoms with E-state index < -0.39 is 14.9 Å². The Kier molecular flexibility index (Phi) is 7.04. The zero-order valence-electron chi connectivity index (χ0n) is 17.6. The van der Waals surface area contributed by atoms with Gasteiger partial charge in [-0.15, -0.1) is 0 Å². The van der Waals surface area contributed by atoms with Crippen LogP contribution in [-0.4, -0.2) is 61.2 Å². The molecule has 10 heteroatoms. The second-order valence-corrected chi connectivity index (χ2v) is 9.59. The van der Waals surface area contributed by atoms with Gasteiger partial charge in [-0.1, -0.05) is 23.8 Å². The molecule has 0 aliphatic carbocycles. The fourth-order valence-corrected chi connectivity index (χ4v) is 4.96. The number of sulfonamides is 1. The summed E-state index contributed by atoms with van der Waals surface area (Å²) in [5.41, 5.74) is 1.82. The van der Waals surface area contributed by atoms with E-state index in [9.17, 15) is 23.3 Å². The highest BCUT2D eigenvalue weighted by atomic mass is 32.2. The van der Waals surface area contributed by atoms with E-state index in [-0.39, 0.29) is 23.0 Å². The van der Waals surface area contributed by atoms with Crippen LogP contribution in [0.2, 0.25) is 0 Å². The molecule has 0 saturated carbocycles. The second-order valence-electron chi connectivity index (χ2n) is 7.65. The molecule has 0 radical (unpaired) electrons. The molecule has 1 aliphatic heterocycles. The van der Waals surface area contributed by atoms with Crippen LogP contribution in [0.5, 0.6) is 0 Å². The van der Waals surface area contributed by atoms with Crippen LogP contribution in [0.25, 0.3) is 0 Å². The van der Waals surface area contributed by atoms with Crippen molar-refractivity contribution in [3.8, 4) is 0 Å². The van der Waals surface area contributed by atoms with Crippen molar-refractivity contribution in [1.29, 1.82) is 0 Å². The van der Waals surface area contributed by atoms with E-state index in [2.05, 4.69) is 5.32 Å². The summed E-state index contributed by atoms with van der Waals surface area (Å²) < 4.78 is 27.3. The number of amides is 1. The molecular weight excluding hydrogens is 420 g/mol. The summed E-state index contributed by atoms with van der Waals surface area (Å²) in [6, 6.07) is 11.3. The summed E-state index contributed by atoms with van der Waals surface area (Å²) in [5.74, 6) is -0.298. The van der Waals surface area contributed by atoms with Gasteiger partial charge in [0.25, 0.3) is 5.69 Å².